The number of hydrogen-bond acceptors (Lipinski definition) is 3. The maximum atomic E-state index is 14.2. The predicted octanol–water partition coefficient (Wildman–Crippen LogP) is 2.85. The summed E-state index contributed by atoms with van der Waals surface area (Å²) in [4.78, 5) is 29.1. The molecule has 8 heteroatoms. The molecule has 4 rings (SSSR count). The Labute approximate surface area is 168 Å². The normalized spacial score (nSPS) is 17.4. The van der Waals surface area contributed by atoms with Crippen LogP contribution in [0.4, 0.5) is 8.78 Å². The predicted molar refractivity (Wildman–Crippen MR) is 103 cm³/mol. The molecule has 2 heterocycles. The SMILES string of the molecule is Cc1nn(-c2ccc(F)cc2F)c(C)c1C(=O)N1CCN(C(=O)C2CCC2)CC1. The molecule has 0 N–H and O–H groups in total. The quantitative estimate of drug-likeness (QED) is 0.793. The summed E-state index contributed by atoms with van der Waals surface area (Å²) in [6.45, 7) is 5.39. The average Bonchev–Trinajstić information content (AvgIpc) is 2.94. The Morgan fingerprint density at radius 2 is 1.69 bits per heavy atom. The van der Waals surface area contributed by atoms with Crippen molar-refractivity contribution in [1.82, 2.24) is 19.6 Å². The fraction of sp³-hybridized carbons (Fsp3) is 0.476. The van der Waals surface area contributed by atoms with E-state index in [1.54, 1.807) is 18.7 Å². The highest BCUT2D eigenvalue weighted by Crippen LogP contribution is 2.29. The molecule has 0 unspecified atom stereocenters. The van der Waals surface area contributed by atoms with Gasteiger partial charge in [0.15, 0.2) is 5.82 Å². The lowest BCUT2D eigenvalue weighted by atomic mass is 9.84. The second-order valence-electron chi connectivity index (χ2n) is 7.80. The Kier molecular flexibility index (Phi) is 5.10. The lowest BCUT2D eigenvalue weighted by Crippen LogP contribution is -2.52. The highest BCUT2D eigenvalue weighted by Gasteiger charge is 2.33. The summed E-state index contributed by atoms with van der Waals surface area (Å²) in [7, 11) is 0. The van der Waals surface area contributed by atoms with Crippen LogP contribution >= 0.6 is 0 Å². The van der Waals surface area contributed by atoms with Crippen molar-refractivity contribution in [3.05, 3.63) is 46.8 Å². The molecule has 0 bridgehead atoms. The van der Waals surface area contributed by atoms with Crippen LogP contribution in [0.3, 0.4) is 0 Å². The third kappa shape index (κ3) is 3.52. The van der Waals surface area contributed by atoms with Gasteiger partial charge in [0.25, 0.3) is 5.91 Å². The van der Waals surface area contributed by atoms with Gasteiger partial charge in [-0.3, -0.25) is 9.59 Å². The molecular formula is C21H24F2N4O2. The van der Waals surface area contributed by atoms with Crippen molar-refractivity contribution in [2.24, 2.45) is 5.92 Å². The van der Waals surface area contributed by atoms with E-state index >= 15 is 0 Å². The van der Waals surface area contributed by atoms with Gasteiger partial charge in [-0.05, 0) is 38.8 Å². The number of hydrogen-bond donors (Lipinski definition) is 0. The van der Waals surface area contributed by atoms with Crippen LogP contribution in [0.25, 0.3) is 5.69 Å². The zero-order valence-electron chi connectivity index (χ0n) is 16.6. The van der Waals surface area contributed by atoms with Crippen LogP contribution in [0, 0.1) is 31.4 Å². The van der Waals surface area contributed by atoms with E-state index in [-0.39, 0.29) is 23.4 Å². The summed E-state index contributed by atoms with van der Waals surface area (Å²) in [5, 5.41) is 4.31. The van der Waals surface area contributed by atoms with Crippen molar-refractivity contribution >= 4 is 11.8 Å². The number of nitrogens with zero attached hydrogens (tertiary/aromatic N) is 4. The minimum absolute atomic E-state index is 0.0990. The Morgan fingerprint density at radius 3 is 2.28 bits per heavy atom. The minimum atomic E-state index is -0.738. The van der Waals surface area contributed by atoms with E-state index in [0.29, 0.717) is 43.1 Å². The molecule has 2 amide bonds. The maximum absolute atomic E-state index is 14.2. The Morgan fingerprint density at radius 1 is 1.03 bits per heavy atom. The summed E-state index contributed by atoms with van der Waals surface area (Å²) >= 11 is 0. The third-order valence-corrected chi connectivity index (χ3v) is 5.98. The van der Waals surface area contributed by atoms with Crippen LogP contribution in [-0.4, -0.2) is 57.6 Å². The van der Waals surface area contributed by atoms with Crippen LogP contribution in [0.15, 0.2) is 18.2 Å². The van der Waals surface area contributed by atoms with E-state index in [9.17, 15) is 18.4 Å². The first kappa shape index (κ1) is 19.5. The van der Waals surface area contributed by atoms with Gasteiger partial charge in [-0.2, -0.15) is 5.10 Å². The van der Waals surface area contributed by atoms with Crippen LogP contribution in [-0.2, 0) is 4.79 Å². The number of aryl methyl sites for hydroxylation is 1. The third-order valence-electron chi connectivity index (χ3n) is 5.98. The van der Waals surface area contributed by atoms with E-state index in [4.69, 9.17) is 0 Å². The van der Waals surface area contributed by atoms with Gasteiger partial charge in [0.2, 0.25) is 5.91 Å². The van der Waals surface area contributed by atoms with Crippen LogP contribution in [0.1, 0.15) is 41.0 Å². The molecule has 1 aromatic heterocycles. The Hall–Kier alpha value is -2.77. The Balaban J connectivity index is 1.51. The summed E-state index contributed by atoms with van der Waals surface area (Å²) in [6.07, 6.45) is 3.05. The lowest BCUT2D eigenvalue weighted by Gasteiger charge is -2.38. The molecule has 1 saturated carbocycles. The number of benzene rings is 1. The minimum Gasteiger partial charge on any atom is -0.339 e. The van der Waals surface area contributed by atoms with Crippen molar-refractivity contribution in [1.29, 1.82) is 0 Å². The molecular weight excluding hydrogens is 378 g/mol. The van der Waals surface area contributed by atoms with E-state index in [1.807, 2.05) is 4.90 Å². The largest absolute Gasteiger partial charge is 0.339 e. The number of carbonyl (C=O) groups is 2. The summed E-state index contributed by atoms with van der Waals surface area (Å²) < 4.78 is 28.8. The number of halogens is 2. The number of carbonyl (C=O) groups excluding carboxylic acids is 2. The van der Waals surface area contributed by atoms with Crippen molar-refractivity contribution in [3.8, 4) is 5.69 Å². The molecule has 29 heavy (non-hydrogen) atoms. The van der Waals surface area contributed by atoms with Crippen molar-refractivity contribution in [3.63, 3.8) is 0 Å². The molecule has 154 valence electrons. The second kappa shape index (κ2) is 7.57. The summed E-state index contributed by atoms with van der Waals surface area (Å²) in [6, 6.07) is 3.27. The molecule has 1 aromatic carbocycles. The Bertz CT molecular complexity index is 960. The molecule has 2 aliphatic rings. The van der Waals surface area contributed by atoms with Gasteiger partial charge in [-0.1, -0.05) is 6.42 Å². The van der Waals surface area contributed by atoms with Gasteiger partial charge in [-0.25, -0.2) is 13.5 Å². The molecule has 1 aliphatic carbocycles. The number of piperazine rings is 1. The standard InChI is InChI=1S/C21H24F2N4O2/c1-13-19(14(2)27(24-13)18-7-6-16(22)12-17(18)23)21(29)26-10-8-25(9-11-26)20(28)15-4-3-5-15/h6-7,12,15H,3-5,8-11H2,1-2H3. The van der Waals surface area contributed by atoms with Gasteiger partial charge in [0.05, 0.1) is 17.0 Å². The van der Waals surface area contributed by atoms with E-state index in [2.05, 4.69) is 5.10 Å². The number of amides is 2. The second-order valence-corrected chi connectivity index (χ2v) is 7.80. The molecule has 1 saturated heterocycles. The molecule has 2 aromatic rings. The fourth-order valence-corrected chi connectivity index (χ4v) is 4.04. The van der Waals surface area contributed by atoms with Gasteiger partial charge in [-0.15, -0.1) is 0 Å². The average molecular weight is 402 g/mol. The first-order chi connectivity index (χ1) is 13.9. The van der Waals surface area contributed by atoms with Crippen LogP contribution in [0.2, 0.25) is 0 Å². The van der Waals surface area contributed by atoms with E-state index in [0.717, 1.165) is 31.4 Å². The zero-order chi connectivity index (χ0) is 20.7. The van der Waals surface area contributed by atoms with Gasteiger partial charge in [0.1, 0.15) is 11.5 Å². The van der Waals surface area contributed by atoms with Crippen LogP contribution < -0.4 is 0 Å². The molecule has 6 nitrogen and oxygen atoms in total. The topological polar surface area (TPSA) is 58.4 Å². The van der Waals surface area contributed by atoms with Crippen molar-refractivity contribution in [2.75, 3.05) is 26.2 Å². The molecule has 0 radical (unpaired) electrons. The smallest absolute Gasteiger partial charge is 0.257 e. The molecule has 2 fully saturated rings. The first-order valence-electron chi connectivity index (χ1n) is 9.96. The molecule has 1 aliphatic heterocycles. The van der Waals surface area contributed by atoms with E-state index < -0.39 is 11.6 Å². The number of rotatable bonds is 3. The van der Waals surface area contributed by atoms with Gasteiger partial charge < -0.3 is 9.80 Å². The van der Waals surface area contributed by atoms with Crippen molar-refractivity contribution in [2.45, 2.75) is 33.1 Å². The lowest BCUT2D eigenvalue weighted by molar-refractivity contribution is -0.139. The molecule has 0 spiro atoms. The fourth-order valence-electron chi connectivity index (χ4n) is 4.04. The first-order valence-corrected chi connectivity index (χ1v) is 9.96. The van der Waals surface area contributed by atoms with E-state index in [1.165, 1.54) is 10.7 Å². The summed E-state index contributed by atoms with van der Waals surface area (Å²) in [5.41, 5.74) is 1.52. The number of aromatic nitrogens is 2. The van der Waals surface area contributed by atoms with Gasteiger partial charge in [0, 0.05) is 38.2 Å². The molecule has 0 atom stereocenters. The monoisotopic (exact) mass is 402 g/mol. The van der Waals surface area contributed by atoms with Gasteiger partial charge >= 0.3 is 0 Å². The maximum Gasteiger partial charge on any atom is 0.257 e. The highest BCUT2D eigenvalue weighted by molar-refractivity contribution is 5.96. The summed E-state index contributed by atoms with van der Waals surface area (Å²) in [5.74, 6) is -1.22. The van der Waals surface area contributed by atoms with Crippen molar-refractivity contribution < 1.29 is 18.4 Å². The van der Waals surface area contributed by atoms with Crippen LogP contribution in [0.5, 0.6) is 0 Å². The highest BCUT2D eigenvalue weighted by atomic mass is 19.1. The zero-order valence-corrected chi connectivity index (χ0v) is 16.6.